The van der Waals surface area contributed by atoms with Crippen molar-refractivity contribution in [3.63, 3.8) is 0 Å². The second-order valence-corrected chi connectivity index (χ2v) is 2.78. The molecule has 0 fully saturated rings. The van der Waals surface area contributed by atoms with E-state index >= 15 is 0 Å². The fourth-order valence-corrected chi connectivity index (χ4v) is 0.874. The summed E-state index contributed by atoms with van der Waals surface area (Å²) >= 11 is 0. The van der Waals surface area contributed by atoms with Crippen LogP contribution in [-0.4, -0.2) is 17.9 Å². The molecule has 0 aliphatic heterocycles. The molecular formula is C12H23N3O. The van der Waals surface area contributed by atoms with Gasteiger partial charge in [0.25, 0.3) is 0 Å². The van der Waals surface area contributed by atoms with E-state index in [2.05, 4.69) is 10.3 Å². The molecule has 0 aliphatic carbocycles. The normalized spacial score (nSPS) is 7.81. The Balaban J connectivity index is 0. The lowest BCUT2D eigenvalue weighted by Gasteiger charge is -1.98. The summed E-state index contributed by atoms with van der Waals surface area (Å²) in [5, 5.41) is 2.57. The van der Waals surface area contributed by atoms with Gasteiger partial charge in [-0.15, -0.1) is 0 Å². The van der Waals surface area contributed by atoms with Gasteiger partial charge in [-0.2, -0.15) is 0 Å². The SMILES string of the molecule is CC.CCN.Cc1cncc(CNC=O)c1. The Kier molecular flexibility index (Phi) is 14.4. The highest BCUT2D eigenvalue weighted by molar-refractivity contribution is 5.46. The van der Waals surface area contributed by atoms with Crippen molar-refractivity contribution in [3.8, 4) is 0 Å². The fraction of sp³-hybridized carbons (Fsp3) is 0.500. The topological polar surface area (TPSA) is 68.0 Å². The van der Waals surface area contributed by atoms with E-state index in [1.165, 1.54) is 0 Å². The third-order valence-electron chi connectivity index (χ3n) is 1.32. The van der Waals surface area contributed by atoms with Crippen LogP contribution in [0.2, 0.25) is 0 Å². The van der Waals surface area contributed by atoms with Crippen molar-refractivity contribution in [1.29, 1.82) is 0 Å². The Morgan fingerprint density at radius 3 is 2.44 bits per heavy atom. The molecule has 0 unspecified atom stereocenters. The molecule has 0 bridgehead atoms. The van der Waals surface area contributed by atoms with Crippen molar-refractivity contribution in [2.75, 3.05) is 6.54 Å². The molecule has 1 aromatic rings. The number of carbonyl (C=O) groups excluding carboxylic acids is 1. The average molecular weight is 225 g/mol. The Bertz CT molecular complexity index is 264. The number of amides is 1. The highest BCUT2D eigenvalue weighted by Gasteiger charge is 1.90. The van der Waals surface area contributed by atoms with Gasteiger partial charge in [0.05, 0.1) is 0 Å². The molecule has 0 aliphatic rings. The molecule has 16 heavy (non-hydrogen) atoms. The van der Waals surface area contributed by atoms with Gasteiger partial charge in [0.1, 0.15) is 0 Å². The fourth-order valence-electron chi connectivity index (χ4n) is 0.874. The van der Waals surface area contributed by atoms with E-state index in [-0.39, 0.29) is 0 Å². The molecule has 1 amide bonds. The van der Waals surface area contributed by atoms with Gasteiger partial charge in [0, 0.05) is 18.9 Å². The zero-order chi connectivity index (χ0) is 12.8. The van der Waals surface area contributed by atoms with Gasteiger partial charge < -0.3 is 11.1 Å². The lowest BCUT2D eigenvalue weighted by molar-refractivity contribution is -0.109. The van der Waals surface area contributed by atoms with Crippen LogP contribution < -0.4 is 11.1 Å². The highest BCUT2D eigenvalue weighted by Crippen LogP contribution is 1.99. The van der Waals surface area contributed by atoms with Crippen LogP contribution in [0.25, 0.3) is 0 Å². The second-order valence-electron chi connectivity index (χ2n) is 2.78. The van der Waals surface area contributed by atoms with Gasteiger partial charge in [0.2, 0.25) is 6.41 Å². The lowest BCUT2D eigenvalue weighted by Crippen LogP contribution is -2.09. The van der Waals surface area contributed by atoms with Crippen molar-refractivity contribution >= 4 is 6.41 Å². The molecule has 0 atom stereocenters. The number of carbonyl (C=O) groups is 1. The van der Waals surface area contributed by atoms with Crippen molar-refractivity contribution in [2.45, 2.75) is 34.2 Å². The zero-order valence-corrected chi connectivity index (χ0v) is 10.7. The molecule has 92 valence electrons. The second kappa shape index (κ2) is 13.6. The van der Waals surface area contributed by atoms with Gasteiger partial charge in [-0.3, -0.25) is 9.78 Å². The molecule has 1 aromatic heterocycles. The third kappa shape index (κ3) is 10.7. The van der Waals surface area contributed by atoms with E-state index in [1.54, 1.807) is 12.4 Å². The smallest absolute Gasteiger partial charge is 0.207 e. The predicted octanol–water partition coefficient (Wildman–Crippen LogP) is 1.63. The van der Waals surface area contributed by atoms with E-state index in [0.717, 1.165) is 17.7 Å². The molecule has 0 saturated carbocycles. The number of nitrogens with zero attached hydrogens (tertiary/aromatic N) is 1. The lowest BCUT2D eigenvalue weighted by atomic mass is 10.2. The molecule has 0 aromatic carbocycles. The molecule has 4 heteroatoms. The number of nitrogens with two attached hydrogens (primary N) is 1. The van der Waals surface area contributed by atoms with Crippen molar-refractivity contribution in [1.82, 2.24) is 10.3 Å². The summed E-state index contributed by atoms with van der Waals surface area (Å²) in [5.41, 5.74) is 6.98. The summed E-state index contributed by atoms with van der Waals surface area (Å²) in [5.74, 6) is 0. The number of aryl methyl sites for hydroxylation is 1. The van der Waals surface area contributed by atoms with Crippen LogP contribution >= 0.6 is 0 Å². The van der Waals surface area contributed by atoms with E-state index in [9.17, 15) is 4.79 Å². The number of hydrogen-bond donors (Lipinski definition) is 2. The number of aromatic nitrogens is 1. The maximum absolute atomic E-state index is 9.93. The van der Waals surface area contributed by atoms with Crippen LogP contribution in [0, 0.1) is 6.92 Å². The maximum atomic E-state index is 9.93. The molecule has 0 saturated heterocycles. The van der Waals surface area contributed by atoms with Gasteiger partial charge in [-0.25, -0.2) is 0 Å². The summed E-state index contributed by atoms with van der Waals surface area (Å²) in [6, 6.07) is 1.99. The standard InChI is InChI=1S/C8H10N2O.C2H7N.C2H6/c1-7-2-8(4-9-3-7)5-10-6-11;1-2-3;1-2/h2-4,6H,5H2,1H3,(H,10,11);2-3H2,1H3;1-2H3. The number of nitrogens with one attached hydrogen (secondary N) is 1. The predicted molar refractivity (Wildman–Crippen MR) is 68.0 cm³/mol. The minimum Gasteiger partial charge on any atom is -0.355 e. The Morgan fingerprint density at radius 2 is 2.00 bits per heavy atom. The average Bonchev–Trinajstić information content (AvgIpc) is 2.30. The highest BCUT2D eigenvalue weighted by atomic mass is 16.1. The minimum atomic E-state index is 0.554. The molecule has 0 spiro atoms. The summed E-state index contributed by atoms with van der Waals surface area (Å²) in [6.45, 7) is 9.18. The number of hydrogen-bond acceptors (Lipinski definition) is 3. The van der Waals surface area contributed by atoms with Crippen molar-refractivity contribution < 1.29 is 4.79 Å². The summed E-state index contributed by atoms with van der Waals surface area (Å²) in [4.78, 5) is 13.9. The van der Waals surface area contributed by atoms with Crippen LogP contribution in [0.15, 0.2) is 18.5 Å². The Morgan fingerprint density at radius 1 is 1.44 bits per heavy atom. The van der Waals surface area contributed by atoms with Crippen LogP contribution in [0.4, 0.5) is 0 Å². The van der Waals surface area contributed by atoms with Gasteiger partial charge in [-0.1, -0.05) is 26.8 Å². The van der Waals surface area contributed by atoms with Crippen LogP contribution in [0.3, 0.4) is 0 Å². The van der Waals surface area contributed by atoms with E-state index in [1.807, 2.05) is 33.8 Å². The molecule has 4 nitrogen and oxygen atoms in total. The maximum Gasteiger partial charge on any atom is 0.207 e. The Hall–Kier alpha value is -1.42. The summed E-state index contributed by atoms with van der Waals surface area (Å²) in [6.07, 6.45) is 4.20. The first kappa shape index (κ1) is 17.0. The summed E-state index contributed by atoms with van der Waals surface area (Å²) in [7, 11) is 0. The molecule has 3 N–H and O–H groups in total. The molecule has 1 rings (SSSR count). The van der Waals surface area contributed by atoms with Crippen molar-refractivity contribution in [2.24, 2.45) is 5.73 Å². The molecule has 0 radical (unpaired) electrons. The third-order valence-corrected chi connectivity index (χ3v) is 1.32. The van der Waals surface area contributed by atoms with E-state index in [0.29, 0.717) is 13.0 Å². The largest absolute Gasteiger partial charge is 0.355 e. The zero-order valence-electron chi connectivity index (χ0n) is 10.7. The van der Waals surface area contributed by atoms with E-state index < -0.39 is 0 Å². The molecule has 1 heterocycles. The van der Waals surface area contributed by atoms with E-state index in [4.69, 9.17) is 5.73 Å². The summed E-state index contributed by atoms with van der Waals surface area (Å²) < 4.78 is 0. The van der Waals surface area contributed by atoms with Crippen molar-refractivity contribution in [3.05, 3.63) is 29.6 Å². The number of pyridine rings is 1. The first-order valence-electron chi connectivity index (χ1n) is 5.52. The van der Waals surface area contributed by atoms with Gasteiger partial charge in [0.15, 0.2) is 0 Å². The quantitative estimate of drug-likeness (QED) is 0.768. The van der Waals surface area contributed by atoms with Crippen LogP contribution in [0.1, 0.15) is 31.9 Å². The van der Waals surface area contributed by atoms with Crippen LogP contribution in [0.5, 0.6) is 0 Å². The first-order chi connectivity index (χ1) is 7.74. The monoisotopic (exact) mass is 225 g/mol. The Labute approximate surface area is 98.3 Å². The van der Waals surface area contributed by atoms with Gasteiger partial charge >= 0.3 is 0 Å². The first-order valence-corrected chi connectivity index (χ1v) is 5.52. The molecular weight excluding hydrogens is 202 g/mol. The van der Waals surface area contributed by atoms with Gasteiger partial charge in [-0.05, 0) is 24.6 Å². The van der Waals surface area contributed by atoms with Crippen LogP contribution in [-0.2, 0) is 11.3 Å². The number of rotatable bonds is 3. The minimum absolute atomic E-state index is 0.554.